The van der Waals surface area contributed by atoms with Crippen LogP contribution in [-0.2, 0) is 0 Å². The van der Waals surface area contributed by atoms with Crippen molar-refractivity contribution in [3.63, 3.8) is 0 Å². The SMILES string of the molecule is CN(Cl)C(N)=NC(=O)c1cc2ccccc2[nH]1. The van der Waals surface area contributed by atoms with Crippen molar-refractivity contribution in [1.82, 2.24) is 9.40 Å². The van der Waals surface area contributed by atoms with Crippen LogP contribution in [0, 0.1) is 0 Å². The first-order valence-electron chi connectivity index (χ1n) is 4.93. The van der Waals surface area contributed by atoms with E-state index in [1.807, 2.05) is 24.3 Å². The molecule has 1 amide bonds. The van der Waals surface area contributed by atoms with Crippen LogP contribution >= 0.6 is 11.8 Å². The van der Waals surface area contributed by atoms with Crippen molar-refractivity contribution in [1.29, 1.82) is 0 Å². The van der Waals surface area contributed by atoms with Gasteiger partial charge in [0.15, 0.2) is 0 Å². The Morgan fingerprint density at radius 1 is 1.47 bits per heavy atom. The first-order valence-corrected chi connectivity index (χ1v) is 5.27. The number of hydrogen-bond acceptors (Lipinski definition) is 1. The van der Waals surface area contributed by atoms with Crippen LogP contribution in [-0.4, -0.2) is 28.3 Å². The summed E-state index contributed by atoms with van der Waals surface area (Å²) in [5, 5.41) is 0.948. The van der Waals surface area contributed by atoms with Crippen molar-refractivity contribution in [3.05, 3.63) is 36.0 Å². The van der Waals surface area contributed by atoms with E-state index in [1.54, 1.807) is 6.07 Å². The van der Waals surface area contributed by atoms with Gasteiger partial charge in [0.1, 0.15) is 5.69 Å². The molecule has 3 N–H and O–H groups in total. The van der Waals surface area contributed by atoms with Gasteiger partial charge in [-0.3, -0.25) is 9.21 Å². The summed E-state index contributed by atoms with van der Waals surface area (Å²) in [5.74, 6) is -0.499. The summed E-state index contributed by atoms with van der Waals surface area (Å²) in [4.78, 5) is 18.4. The molecule has 0 spiro atoms. The van der Waals surface area contributed by atoms with Crippen LogP contribution in [0.15, 0.2) is 35.3 Å². The van der Waals surface area contributed by atoms with E-state index < -0.39 is 5.91 Å². The predicted molar refractivity (Wildman–Crippen MR) is 67.9 cm³/mol. The van der Waals surface area contributed by atoms with Gasteiger partial charge in [0.05, 0.1) is 0 Å². The van der Waals surface area contributed by atoms with Crippen LogP contribution in [0.5, 0.6) is 0 Å². The smallest absolute Gasteiger partial charge is 0.296 e. The second-order valence-corrected chi connectivity index (χ2v) is 4.03. The van der Waals surface area contributed by atoms with E-state index in [9.17, 15) is 4.79 Å². The van der Waals surface area contributed by atoms with Gasteiger partial charge in [-0.15, -0.1) is 0 Å². The number of carbonyl (C=O) groups excluding carboxylic acids is 1. The molecule has 0 unspecified atom stereocenters. The molecule has 2 aromatic rings. The Morgan fingerprint density at radius 3 is 2.82 bits per heavy atom. The number of aromatic amines is 1. The fraction of sp³-hybridized carbons (Fsp3) is 0.0909. The number of carbonyl (C=O) groups is 1. The molecule has 1 heterocycles. The molecule has 6 heteroatoms. The molecule has 5 nitrogen and oxygen atoms in total. The predicted octanol–water partition coefficient (Wildman–Crippen LogP) is 1.71. The lowest BCUT2D eigenvalue weighted by molar-refractivity contribution is 0.0998. The highest BCUT2D eigenvalue weighted by molar-refractivity contribution is 6.22. The zero-order valence-corrected chi connectivity index (χ0v) is 9.90. The lowest BCUT2D eigenvalue weighted by atomic mass is 10.2. The lowest BCUT2D eigenvalue weighted by Gasteiger charge is -2.05. The number of H-pyrrole nitrogens is 1. The quantitative estimate of drug-likeness (QED) is 0.460. The maximum absolute atomic E-state index is 11.7. The van der Waals surface area contributed by atoms with Crippen molar-refractivity contribution in [2.24, 2.45) is 10.7 Å². The number of para-hydroxylation sites is 1. The molecule has 0 saturated heterocycles. The van der Waals surface area contributed by atoms with Crippen LogP contribution in [0.25, 0.3) is 10.9 Å². The molecule has 1 aromatic carbocycles. The average molecular weight is 251 g/mol. The Morgan fingerprint density at radius 2 is 2.18 bits per heavy atom. The van der Waals surface area contributed by atoms with Crippen LogP contribution in [0.1, 0.15) is 10.5 Å². The minimum absolute atomic E-state index is 0.0460. The molecule has 0 atom stereocenters. The lowest BCUT2D eigenvalue weighted by Crippen LogP contribution is -2.27. The summed E-state index contributed by atoms with van der Waals surface area (Å²) >= 11 is 5.55. The van der Waals surface area contributed by atoms with E-state index in [4.69, 9.17) is 17.5 Å². The molecular weight excluding hydrogens is 240 g/mol. The Hall–Kier alpha value is -2.01. The molecule has 0 aliphatic carbocycles. The number of nitrogens with one attached hydrogen (secondary N) is 1. The molecule has 17 heavy (non-hydrogen) atoms. The van der Waals surface area contributed by atoms with Crippen LogP contribution in [0.4, 0.5) is 0 Å². The number of fused-ring (bicyclic) bond motifs is 1. The molecule has 0 bridgehead atoms. The third kappa shape index (κ3) is 2.39. The number of nitrogens with two attached hydrogens (primary N) is 1. The fourth-order valence-electron chi connectivity index (χ4n) is 1.42. The van der Waals surface area contributed by atoms with Gasteiger partial charge >= 0.3 is 0 Å². The number of halogens is 1. The second-order valence-electron chi connectivity index (χ2n) is 3.52. The summed E-state index contributed by atoms with van der Waals surface area (Å²) in [7, 11) is 1.50. The molecule has 1 aromatic heterocycles. The highest BCUT2D eigenvalue weighted by Crippen LogP contribution is 2.15. The summed E-state index contributed by atoms with van der Waals surface area (Å²) in [5.41, 5.74) is 6.72. The normalized spacial score (nSPS) is 11.8. The molecule has 0 aliphatic rings. The summed E-state index contributed by atoms with van der Waals surface area (Å²) in [6.45, 7) is 0. The maximum atomic E-state index is 11.7. The third-order valence-electron chi connectivity index (χ3n) is 2.29. The fourth-order valence-corrected chi connectivity index (χ4v) is 1.46. The first-order chi connectivity index (χ1) is 8.08. The first kappa shape index (κ1) is 11.5. The molecule has 0 fully saturated rings. The highest BCUT2D eigenvalue weighted by atomic mass is 35.5. The maximum Gasteiger partial charge on any atom is 0.296 e. The Kier molecular flexibility index (Phi) is 3.01. The van der Waals surface area contributed by atoms with Crippen molar-refractivity contribution >= 4 is 34.5 Å². The Labute approximate surface area is 103 Å². The van der Waals surface area contributed by atoms with E-state index in [0.29, 0.717) is 5.69 Å². The number of hydrogen-bond donors (Lipinski definition) is 2. The number of rotatable bonds is 1. The Bertz CT molecular complexity index is 555. The largest absolute Gasteiger partial charge is 0.368 e. The molecule has 0 aliphatic heterocycles. The van der Waals surface area contributed by atoms with Crippen LogP contribution < -0.4 is 5.73 Å². The van der Waals surface area contributed by atoms with E-state index >= 15 is 0 Å². The summed E-state index contributed by atoms with van der Waals surface area (Å²) < 4.78 is 1.06. The Balaban J connectivity index is 2.34. The minimum Gasteiger partial charge on any atom is -0.368 e. The second kappa shape index (κ2) is 4.47. The van der Waals surface area contributed by atoms with Gasteiger partial charge in [-0.2, -0.15) is 4.99 Å². The van der Waals surface area contributed by atoms with Crippen molar-refractivity contribution in [2.75, 3.05) is 7.05 Å². The molecule has 88 valence electrons. The van der Waals surface area contributed by atoms with E-state index in [-0.39, 0.29) is 5.96 Å². The van der Waals surface area contributed by atoms with Gasteiger partial charge in [-0.1, -0.05) is 18.2 Å². The summed E-state index contributed by atoms with van der Waals surface area (Å²) in [6, 6.07) is 9.30. The van der Waals surface area contributed by atoms with Crippen LogP contribution in [0.3, 0.4) is 0 Å². The van der Waals surface area contributed by atoms with Gasteiger partial charge < -0.3 is 10.7 Å². The number of guanidine groups is 1. The standard InChI is InChI=1S/C11H11ClN4O/c1-16(12)11(13)15-10(17)9-6-7-4-2-3-5-8(7)14-9/h2-6,14H,1H3,(H2,13,15,17). The van der Waals surface area contributed by atoms with Crippen molar-refractivity contribution in [3.8, 4) is 0 Å². The van der Waals surface area contributed by atoms with Gasteiger partial charge in [-0.05, 0) is 12.1 Å². The summed E-state index contributed by atoms with van der Waals surface area (Å²) in [6.07, 6.45) is 0. The number of aliphatic imine (C=N–C) groups is 1. The minimum atomic E-state index is -0.453. The van der Waals surface area contributed by atoms with Crippen molar-refractivity contribution in [2.45, 2.75) is 0 Å². The van der Waals surface area contributed by atoms with Gasteiger partial charge in [0.2, 0.25) is 5.96 Å². The van der Waals surface area contributed by atoms with E-state index in [0.717, 1.165) is 15.3 Å². The highest BCUT2D eigenvalue weighted by Gasteiger charge is 2.09. The van der Waals surface area contributed by atoms with E-state index in [1.165, 1.54) is 7.05 Å². The molecule has 0 radical (unpaired) electrons. The number of nitrogens with zero attached hydrogens (tertiary/aromatic N) is 2. The molecule has 0 saturated carbocycles. The number of aromatic nitrogens is 1. The topological polar surface area (TPSA) is 74.5 Å². The van der Waals surface area contributed by atoms with Gasteiger partial charge in [0.25, 0.3) is 5.91 Å². The average Bonchev–Trinajstić information content (AvgIpc) is 2.72. The zero-order valence-electron chi connectivity index (χ0n) is 9.14. The zero-order chi connectivity index (χ0) is 12.4. The van der Waals surface area contributed by atoms with Gasteiger partial charge in [0, 0.05) is 29.7 Å². The van der Waals surface area contributed by atoms with Gasteiger partial charge in [-0.25, -0.2) is 0 Å². The van der Waals surface area contributed by atoms with E-state index in [2.05, 4.69) is 9.98 Å². The molecular formula is C11H11ClN4O. The van der Waals surface area contributed by atoms with Crippen molar-refractivity contribution < 1.29 is 4.79 Å². The molecule has 2 rings (SSSR count). The number of amides is 1. The number of benzene rings is 1. The monoisotopic (exact) mass is 250 g/mol. The third-order valence-corrected chi connectivity index (χ3v) is 2.47. The van der Waals surface area contributed by atoms with Crippen LogP contribution in [0.2, 0.25) is 0 Å².